The lowest BCUT2D eigenvalue weighted by atomic mass is 10.1. The lowest BCUT2D eigenvalue weighted by Crippen LogP contribution is -2.39. The average molecular weight is 467 g/mol. The third-order valence-corrected chi connectivity index (χ3v) is 4.96. The molecule has 2 aromatic carbocycles. The molecule has 0 bridgehead atoms. The molecule has 0 aromatic heterocycles. The van der Waals surface area contributed by atoms with Gasteiger partial charge in [0.25, 0.3) is 0 Å². The lowest BCUT2D eigenvalue weighted by Gasteiger charge is -2.21. The van der Waals surface area contributed by atoms with Gasteiger partial charge in [0.1, 0.15) is 0 Å². The number of ether oxygens (including phenoxy) is 2. The molecule has 0 unspecified atom stereocenters. The quantitative estimate of drug-likeness (QED) is 0.660. The van der Waals surface area contributed by atoms with Gasteiger partial charge in [-0.2, -0.15) is 0 Å². The molecule has 26 heavy (non-hydrogen) atoms. The van der Waals surface area contributed by atoms with Crippen LogP contribution in [0.5, 0.6) is 11.5 Å². The Morgan fingerprint density at radius 1 is 1.08 bits per heavy atom. The highest BCUT2D eigenvalue weighted by molar-refractivity contribution is 14.0. The summed E-state index contributed by atoms with van der Waals surface area (Å²) >= 11 is 0. The predicted molar refractivity (Wildman–Crippen MR) is 116 cm³/mol. The van der Waals surface area contributed by atoms with E-state index in [4.69, 9.17) is 9.47 Å². The summed E-state index contributed by atoms with van der Waals surface area (Å²) in [6, 6.07) is 10.5. The van der Waals surface area contributed by atoms with E-state index in [1.165, 1.54) is 18.4 Å². The zero-order chi connectivity index (χ0) is 17.2. The van der Waals surface area contributed by atoms with Crippen LogP contribution in [-0.2, 0) is 6.54 Å². The zero-order valence-corrected chi connectivity index (χ0v) is 17.7. The van der Waals surface area contributed by atoms with Crippen molar-refractivity contribution < 1.29 is 9.47 Å². The van der Waals surface area contributed by atoms with Gasteiger partial charge in [-0.1, -0.05) is 12.1 Å². The molecular formula is C20H26IN3O2. The third-order valence-electron chi connectivity index (χ3n) is 4.96. The number of fused-ring (bicyclic) bond motifs is 1. The van der Waals surface area contributed by atoms with Crippen LogP contribution >= 0.6 is 24.0 Å². The van der Waals surface area contributed by atoms with Crippen LogP contribution in [0.25, 0.3) is 10.8 Å². The summed E-state index contributed by atoms with van der Waals surface area (Å²) in [5.74, 6) is 3.46. The minimum absolute atomic E-state index is 0. The summed E-state index contributed by atoms with van der Waals surface area (Å²) in [6.07, 6.45) is 2.75. The first kappa shape index (κ1) is 19.1. The number of nitrogens with one attached hydrogen (secondary N) is 1. The van der Waals surface area contributed by atoms with Crippen LogP contribution in [-0.4, -0.2) is 44.7 Å². The van der Waals surface area contributed by atoms with Crippen LogP contribution < -0.4 is 14.8 Å². The molecule has 6 heteroatoms. The summed E-state index contributed by atoms with van der Waals surface area (Å²) in [7, 11) is 3.33. The molecule has 1 saturated carbocycles. The highest BCUT2D eigenvalue weighted by Gasteiger charge is 2.27. The SMILES string of the molecule is COc1cc2ccc(CNC3=NCCN3CC3CC3)cc2cc1OC.I. The largest absolute Gasteiger partial charge is 0.493 e. The van der Waals surface area contributed by atoms with Gasteiger partial charge in [-0.25, -0.2) is 0 Å². The van der Waals surface area contributed by atoms with Crippen LogP contribution in [0.4, 0.5) is 0 Å². The number of guanidine groups is 1. The van der Waals surface area contributed by atoms with Gasteiger partial charge in [0.05, 0.1) is 20.8 Å². The fourth-order valence-corrected chi connectivity index (χ4v) is 3.36. The third kappa shape index (κ3) is 4.16. The maximum atomic E-state index is 5.42. The van der Waals surface area contributed by atoms with Crippen LogP contribution in [0.2, 0.25) is 0 Å². The topological polar surface area (TPSA) is 46.1 Å². The molecule has 1 aliphatic heterocycles. The summed E-state index contributed by atoms with van der Waals surface area (Å²) in [4.78, 5) is 7.02. The molecule has 5 nitrogen and oxygen atoms in total. The van der Waals surface area contributed by atoms with Crippen molar-refractivity contribution in [1.82, 2.24) is 10.2 Å². The van der Waals surface area contributed by atoms with Gasteiger partial charge < -0.3 is 19.7 Å². The minimum atomic E-state index is 0. The van der Waals surface area contributed by atoms with E-state index in [1.54, 1.807) is 14.2 Å². The molecule has 2 aliphatic rings. The van der Waals surface area contributed by atoms with E-state index in [9.17, 15) is 0 Å². The predicted octanol–water partition coefficient (Wildman–Crippen LogP) is 3.65. The van der Waals surface area contributed by atoms with E-state index in [2.05, 4.69) is 33.4 Å². The lowest BCUT2D eigenvalue weighted by molar-refractivity contribution is 0.356. The molecule has 1 N–H and O–H groups in total. The summed E-state index contributed by atoms with van der Waals surface area (Å²) in [5, 5.41) is 5.82. The molecule has 0 atom stereocenters. The Hall–Kier alpha value is -1.70. The van der Waals surface area contributed by atoms with Crippen LogP contribution in [0.3, 0.4) is 0 Å². The molecule has 1 heterocycles. The molecule has 1 fully saturated rings. The van der Waals surface area contributed by atoms with Gasteiger partial charge in [-0.3, -0.25) is 4.99 Å². The number of benzene rings is 2. The number of halogens is 1. The Morgan fingerprint density at radius 3 is 2.50 bits per heavy atom. The average Bonchev–Trinajstić information content (AvgIpc) is 3.35. The fourth-order valence-electron chi connectivity index (χ4n) is 3.36. The Balaban J connectivity index is 0.00000196. The Bertz CT molecular complexity index is 805. The van der Waals surface area contributed by atoms with E-state index >= 15 is 0 Å². The maximum Gasteiger partial charge on any atom is 0.194 e. The van der Waals surface area contributed by atoms with Gasteiger partial charge in [-0.05, 0) is 53.3 Å². The van der Waals surface area contributed by atoms with Crippen molar-refractivity contribution in [3.8, 4) is 11.5 Å². The molecule has 2 aromatic rings. The van der Waals surface area contributed by atoms with Gasteiger partial charge >= 0.3 is 0 Å². The van der Waals surface area contributed by atoms with Crippen LogP contribution in [0.1, 0.15) is 18.4 Å². The normalized spacial score (nSPS) is 16.2. The summed E-state index contributed by atoms with van der Waals surface area (Å²) in [5.41, 5.74) is 1.24. The molecule has 1 aliphatic carbocycles. The highest BCUT2D eigenvalue weighted by atomic mass is 127. The van der Waals surface area contributed by atoms with Crippen molar-refractivity contribution in [3.63, 3.8) is 0 Å². The molecule has 0 radical (unpaired) electrons. The summed E-state index contributed by atoms with van der Waals surface area (Å²) < 4.78 is 10.8. The second kappa shape index (κ2) is 8.33. The second-order valence-corrected chi connectivity index (χ2v) is 6.84. The maximum absolute atomic E-state index is 5.42. The van der Waals surface area contributed by atoms with Crippen molar-refractivity contribution in [2.75, 3.05) is 33.9 Å². The summed E-state index contributed by atoms with van der Waals surface area (Å²) in [6.45, 7) is 3.89. The number of rotatable bonds is 6. The number of methoxy groups -OCH3 is 2. The first-order chi connectivity index (χ1) is 12.3. The number of hydrogen-bond acceptors (Lipinski definition) is 5. The van der Waals surface area contributed by atoms with Crippen molar-refractivity contribution in [2.45, 2.75) is 19.4 Å². The van der Waals surface area contributed by atoms with Crippen molar-refractivity contribution in [3.05, 3.63) is 35.9 Å². The Morgan fingerprint density at radius 2 is 1.81 bits per heavy atom. The Labute approximate surface area is 171 Å². The zero-order valence-electron chi connectivity index (χ0n) is 15.3. The molecular weight excluding hydrogens is 441 g/mol. The molecule has 140 valence electrons. The molecule has 0 saturated heterocycles. The number of aliphatic imine (C=N–C) groups is 1. The van der Waals surface area contributed by atoms with Crippen molar-refractivity contribution >= 4 is 40.7 Å². The first-order valence-electron chi connectivity index (χ1n) is 8.95. The first-order valence-corrected chi connectivity index (χ1v) is 8.95. The van der Waals surface area contributed by atoms with Gasteiger partial charge in [0.15, 0.2) is 17.5 Å². The smallest absolute Gasteiger partial charge is 0.194 e. The minimum Gasteiger partial charge on any atom is -0.493 e. The van der Waals surface area contributed by atoms with Crippen molar-refractivity contribution in [2.24, 2.45) is 10.9 Å². The molecule has 0 amide bonds. The molecule has 4 rings (SSSR count). The van der Waals surface area contributed by atoms with Gasteiger partial charge in [-0.15, -0.1) is 24.0 Å². The standard InChI is InChI=1S/C20H25N3O2.HI/c1-24-18-10-16-6-5-15(9-17(16)11-19(18)25-2)12-22-20-21-7-8-23(20)13-14-3-4-14;/h5-6,9-11,14H,3-4,7-8,12-13H2,1-2H3,(H,21,22);1H. The monoisotopic (exact) mass is 467 g/mol. The highest BCUT2D eigenvalue weighted by Crippen LogP contribution is 2.32. The van der Waals surface area contributed by atoms with Gasteiger partial charge in [0, 0.05) is 19.6 Å². The molecule has 0 spiro atoms. The van der Waals surface area contributed by atoms with Crippen molar-refractivity contribution in [1.29, 1.82) is 0 Å². The van der Waals surface area contributed by atoms with Gasteiger partial charge in [0.2, 0.25) is 0 Å². The van der Waals surface area contributed by atoms with E-state index in [0.717, 1.165) is 60.3 Å². The number of hydrogen-bond donors (Lipinski definition) is 1. The van der Waals surface area contributed by atoms with E-state index in [1.807, 2.05) is 12.1 Å². The second-order valence-electron chi connectivity index (χ2n) is 6.84. The van der Waals surface area contributed by atoms with E-state index in [-0.39, 0.29) is 24.0 Å². The fraction of sp³-hybridized carbons (Fsp3) is 0.450. The van der Waals surface area contributed by atoms with E-state index in [0.29, 0.717) is 0 Å². The Kier molecular flexibility index (Phi) is 6.11. The van der Waals surface area contributed by atoms with E-state index < -0.39 is 0 Å². The van der Waals surface area contributed by atoms with Crippen LogP contribution in [0, 0.1) is 5.92 Å². The number of nitrogens with zero attached hydrogens (tertiary/aromatic N) is 2. The van der Waals surface area contributed by atoms with Crippen LogP contribution in [0.15, 0.2) is 35.3 Å².